The first-order chi connectivity index (χ1) is 31.6. The van der Waals surface area contributed by atoms with E-state index in [0.717, 1.165) is 44.9 Å². The van der Waals surface area contributed by atoms with E-state index in [1.54, 1.807) is 6.08 Å². The second kappa shape index (κ2) is 54.2. The topological polar surface area (TPSA) is 89.8 Å². The molecule has 0 aliphatic rings. The number of nitrogens with one attached hydrogen (secondary N) is 1. The number of aliphatic hydroxyl groups excluding tert-OH is 3. The molecule has 1 amide bonds. The van der Waals surface area contributed by atoms with E-state index in [9.17, 15) is 20.1 Å². The highest BCUT2D eigenvalue weighted by atomic mass is 16.3. The number of hydrogen-bond acceptors (Lipinski definition) is 4. The van der Waals surface area contributed by atoms with E-state index in [2.05, 4.69) is 43.5 Å². The zero-order chi connectivity index (χ0) is 46.5. The summed E-state index contributed by atoms with van der Waals surface area (Å²) in [4.78, 5) is 12.5. The van der Waals surface area contributed by atoms with Crippen molar-refractivity contribution in [3.8, 4) is 0 Å². The van der Waals surface area contributed by atoms with Crippen molar-refractivity contribution in [2.24, 2.45) is 0 Å². The van der Waals surface area contributed by atoms with Gasteiger partial charge in [0.2, 0.25) is 5.91 Å². The highest BCUT2D eigenvalue weighted by molar-refractivity contribution is 5.80. The van der Waals surface area contributed by atoms with Gasteiger partial charge in [-0.15, -0.1) is 0 Å². The first-order valence-corrected chi connectivity index (χ1v) is 28.8. The summed E-state index contributed by atoms with van der Waals surface area (Å²) in [6.45, 7) is 4.19. The molecule has 0 radical (unpaired) electrons. The Bertz CT molecular complexity index is 993. The maximum absolute atomic E-state index is 12.5. The summed E-state index contributed by atoms with van der Waals surface area (Å²) in [5, 5.41) is 33.3. The number of hydrogen-bond donors (Lipinski definition) is 4. The number of unbranched alkanes of at least 4 members (excludes halogenated alkanes) is 41. The van der Waals surface area contributed by atoms with Crippen LogP contribution < -0.4 is 5.32 Å². The molecular formula is C59H113NO4. The lowest BCUT2D eigenvalue weighted by Gasteiger charge is -2.21. The van der Waals surface area contributed by atoms with E-state index >= 15 is 0 Å². The second-order valence-corrected chi connectivity index (χ2v) is 19.8. The monoisotopic (exact) mass is 900 g/mol. The van der Waals surface area contributed by atoms with Crippen molar-refractivity contribution in [3.05, 3.63) is 36.5 Å². The van der Waals surface area contributed by atoms with Gasteiger partial charge in [0, 0.05) is 0 Å². The largest absolute Gasteiger partial charge is 0.394 e. The number of aliphatic hydroxyl groups is 3. The predicted octanol–water partition coefficient (Wildman–Crippen LogP) is 17.8. The van der Waals surface area contributed by atoms with Gasteiger partial charge < -0.3 is 20.6 Å². The summed E-state index contributed by atoms with van der Waals surface area (Å²) in [6.07, 6.45) is 71.0. The standard InChI is InChI=1S/C59H113NO4/c1-3-5-7-9-11-13-15-17-19-21-23-24-25-26-27-28-29-30-31-32-33-34-35-36-38-40-42-44-46-48-50-52-54-58(63)59(64)60-56(55-61)57(62)53-51-49-47-45-43-41-39-37-22-20-18-16-14-12-10-8-6-4-2/h22,37,43,45,51,53,56-58,61-63H,3-21,23-36,38-42,44,46-50,52,54-55H2,1-2H3,(H,60,64)/b37-22+,45-43+,53-51+. The molecule has 0 rings (SSSR count). The molecule has 0 saturated heterocycles. The van der Waals surface area contributed by atoms with E-state index in [4.69, 9.17) is 0 Å². The molecule has 3 atom stereocenters. The molecule has 4 N–H and O–H groups in total. The molecule has 0 bridgehead atoms. The van der Waals surface area contributed by atoms with Crippen molar-refractivity contribution in [1.29, 1.82) is 0 Å². The minimum Gasteiger partial charge on any atom is -0.394 e. The Hall–Kier alpha value is -1.43. The Morgan fingerprint density at radius 3 is 0.953 bits per heavy atom. The lowest BCUT2D eigenvalue weighted by atomic mass is 10.0. The fourth-order valence-electron chi connectivity index (χ4n) is 8.99. The van der Waals surface area contributed by atoms with E-state index < -0.39 is 24.2 Å². The smallest absolute Gasteiger partial charge is 0.249 e. The molecule has 0 heterocycles. The zero-order valence-electron chi connectivity index (χ0n) is 43.2. The summed E-state index contributed by atoms with van der Waals surface area (Å²) in [7, 11) is 0. The molecule has 0 saturated carbocycles. The van der Waals surface area contributed by atoms with Gasteiger partial charge in [-0.25, -0.2) is 0 Å². The molecule has 64 heavy (non-hydrogen) atoms. The maximum atomic E-state index is 12.5. The maximum Gasteiger partial charge on any atom is 0.249 e. The summed E-state index contributed by atoms with van der Waals surface area (Å²) >= 11 is 0. The summed E-state index contributed by atoms with van der Waals surface area (Å²) < 4.78 is 0. The third kappa shape index (κ3) is 48.5. The molecule has 378 valence electrons. The Labute approximate surface area is 400 Å². The van der Waals surface area contributed by atoms with Gasteiger partial charge in [0.1, 0.15) is 6.10 Å². The van der Waals surface area contributed by atoms with Crippen molar-refractivity contribution >= 4 is 5.91 Å². The Balaban J connectivity index is 3.54. The van der Waals surface area contributed by atoms with E-state index in [1.165, 1.54) is 244 Å². The van der Waals surface area contributed by atoms with Crippen molar-refractivity contribution in [3.63, 3.8) is 0 Å². The third-order valence-electron chi connectivity index (χ3n) is 13.5. The van der Waals surface area contributed by atoms with E-state index in [-0.39, 0.29) is 6.61 Å². The third-order valence-corrected chi connectivity index (χ3v) is 13.5. The van der Waals surface area contributed by atoms with Crippen LogP contribution in [-0.4, -0.2) is 46.1 Å². The molecular weight excluding hydrogens is 787 g/mol. The lowest BCUT2D eigenvalue weighted by molar-refractivity contribution is -0.131. The molecule has 0 aromatic carbocycles. The quantitative estimate of drug-likeness (QED) is 0.0362. The molecule has 0 aromatic rings. The van der Waals surface area contributed by atoms with Crippen LogP contribution in [0.5, 0.6) is 0 Å². The van der Waals surface area contributed by atoms with E-state index in [0.29, 0.717) is 6.42 Å². The number of amides is 1. The van der Waals surface area contributed by atoms with Gasteiger partial charge in [-0.2, -0.15) is 0 Å². The number of carbonyl (C=O) groups is 1. The summed E-state index contributed by atoms with van der Waals surface area (Å²) in [6, 6.07) is -0.820. The normalized spacial score (nSPS) is 13.5. The fourth-order valence-corrected chi connectivity index (χ4v) is 8.99. The van der Waals surface area contributed by atoms with Gasteiger partial charge in [-0.1, -0.05) is 301 Å². The van der Waals surface area contributed by atoms with Crippen LogP contribution in [0.3, 0.4) is 0 Å². The molecule has 0 aliphatic heterocycles. The van der Waals surface area contributed by atoms with Gasteiger partial charge in [0.05, 0.1) is 18.8 Å². The van der Waals surface area contributed by atoms with Gasteiger partial charge in [-0.05, 0) is 44.9 Å². The van der Waals surface area contributed by atoms with Gasteiger partial charge in [-0.3, -0.25) is 4.79 Å². The Morgan fingerprint density at radius 2 is 0.641 bits per heavy atom. The first-order valence-electron chi connectivity index (χ1n) is 28.8. The van der Waals surface area contributed by atoms with Crippen LogP contribution in [0.2, 0.25) is 0 Å². The molecule has 5 nitrogen and oxygen atoms in total. The average Bonchev–Trinajstić information content (AvgIpc) is 3.30. The number of allylic oxidation sites excluding steroid dienone is 5. The molecule has 0 spiro atoms. The van der Waals surface area contributed by atoms with Crippen molar-refractivity contribution in [2.45, 2.75) is 327 Å². The highest BCUT2D eigenvalue weighted by Gasteiger charge is 2.22. The predicted molar refractivity (Wildman–Crippen MR) is 282 cm³/mol. The number of rotatable bonds is 53. The Kier molecular flexibility index (Phi) is 53.0. The van der Waals surface area contributed by atoms with Crippen LogP contribution in [0.25, 0.3) is 0 Å². The van der Waals surface area contributed by atoms with Crippen LogP contribution in [0.4, 0.5) is 0 Å². The summed E-state index contributed by atoms with van der Waals surface area (Å²) in [5.74, 6) is -0.512. The van der Waals surface area contributed by atoms with Gasteiger partial charge in [0.25, 0.3) is 0 Å². The van der Waals surface area contributed by atoms with Crippen LogP contribution in [0.15, 0.2) is 36.5 Å². The van der Waals surface area contributed by atoms with Crippen LogP contribution in [0, 0.1) is 0 Å². The Morgan fingerprint density at radius 1 is 0.375 bits per heavy atom. The van der Waals surface area contributed by atoms with E-state index in [1.807, 2.05) is 6.08 Å². The molecule has 0 aromatic heterocycles. The zero-order valence-corrected chi connectivity index (χ0v) is 43.2. The van der Waals surface area contributed by atoms with Crippen molar-refractivity contribution in [2.75, 3.05) is 6.61 Å². The lowest BCUT2D eigenvalue weighted by Crippen LogP contribution is -2.48. The highest BCUT2D eigenvalue weighted by Crippen LogP contribution is 2.18. The van der Waals surface area contributed by atoms with Crippen molar-refractivity contribution in [1.82, 2.24) is 5.32 Å². The molecule has 5 heteroatoms. The molecule has 3 unspecified atom stereocenters. The minimum absolute atomic E-state index is 0.379. The number of carbonyl (C=O) groups excluding carboxylic acids is 1. The minimum atomic E-state index is -1.11. The fraction of sp³-hybridized carbons (Fsp3) is 0.881. The first kappa shape index (κ1) is 62.6. The van der Waals surface area contributed by atoms with Gasteiger partial charge in [0.15, 0.2) is 0 Å². The van der Waals surface area contributed by atoms with Crippen molar-refractivity contribution < 1.29 is 20.1 Å². The SMILES string of the molecule is CCCCCCCCCC/C=C/CC/C=C/CC/C=C/C(O)C(CO)NC(=O)C(O)CCCCCCCCCCCCCCCCCCCCCCCCCCCCCCCCCC. The van der Waals surface area contributed by atoms with Crippen LogP contribution in [0.1, 0.15) is 309 Å². The van der Waals surface area contributed by atoms with Crippen LogP contribution in [-0.2, 0) is 4.79 Å². The summed E-state index contributed by atoms with van der Waals surface area (Å²) in [5.41, 5.74) is 0. The molecule has 0 fully saturated rings. The average molecular weight is 901 g/mol. The second-order valence-electron chi connectivity index (χ2n) is 19.8. The molecule has 0 aliphatic carbocycles. The van der Waals surface area contributed by atoms with Crippen LogP contribution >= 0.6 is 0 Å². The van der Waals surface area contributed by atoms with Gasteiger partial charge >= 0.3 is 0 Å².